The molecule has 0 aliphatic carbocycles. The maximum absolute atomic E-state index is 10.4. The molecule has 0 atom stereocenters. The van der Waals surface area contributed by atoms with E-state index in [4.69, 9.17) is 15.1 Å². The molecule has 0 N–H and O–H groups in total. The maximum Gasteiger partial charge on any atom is 0.0667 e. The second-order valence-electron chi connectivity index (χ2n) is 13.8. The predicted octanol–water partition coefficient (Wildman–Crippen LogP) is 14.4. The Morgan fingerprint density at radius 2 is 0.746 bits per heavy atom. The van der Waals surface area contributed by atoms with Crippen LogP contribution < -0.4 is 0 Å². The number of hydrogen-bond donors (Lipinski definition) is 0. The minimum Gasteiger partial charge on any atom is -0.309 e. The lowest BCUT2D eigenvalue weighted by Crippen LogP contribution is -1.99. The molecule has 14 aromatic rings. The van der Waals surface area contributed by atoms with Crippen LogP contribution in [0.1, 0.15) is 48.1 Å². The lowest BCUT2D eigenvalue weighted by atomic mass is 10.0. The van der Waals surface area contributed by atoms with Gasteiger partial charge in [-0.25, -0.2) is 0 Å². The Morgan fingerprint density at radius 1 is 0.305 bits per heavy atom. The molecule has 4 heteroatoms. The molecule has 0 spiro atoms. The van der Waals surface area contributed by atoms with Crippen LogP contribution >= 0.6 is 0 Å². The third kappa shape index (κ3) is 3.98. The topological polar surface area (TPSA) is 19.2 Å². The van der Waals surface area contributed by atoms with Gasteiger partial charge >= 0.3 is 0 Å². The van der Waals surface area contributed by atoms with Crippen molar-refractivity contribution in [3.63, 3.8) is 0 Å². The third-order valence-electron chi connectivity index (χ3n) is 10.8. The number of hydrogen-bond acceptors (Lipinski definition) is 0. The van der Waals surface area contributed by atoms with Gasteiger partial charge in [0.25, 0.3) is 0 Å². The van der Waals surface area contributed by atoms with E-state index in [1.165, 1.54) is 6.92 Å². The SMILES string of the molecule is [2H]c1c([2H])c(-n2c3c([2H])c([2H])c([2H])c([2H])c3c3c([2H])c(C)c([2H])c([2H])c32)c([2H])c(-n2c3c([2H])c([2H])c([2H])c([2H])c3c3c([2H])c(-n4c5c([2H])c([2H])c([2H])c6c7c([2H])c([2H])c([2H])c8c9c([2H])c([2H])c([2H])c([2H])c9n(c9c([2H])c([2H])c([2H])c4c9c65)c78)c([2H])c([2H])c32)c1[2H]. The van der Waals surface area contributed by atoms with E-state index in [1.54, 1.807) is 0 Å². The highest BCUT2D eigenvalue weighted by Gasteiger charge is 2.23. The van der Waals surface area contributed by atoms with E-state index in [1.807, 2.05) is 0 Å². The molecule has 0 aliphatic rings. The second kappa shape index (κ2) is 11.2. The van der Waals surface area contributed by atoms with Gasteiger partial charge in [0.1, 0.15) is 0 Å². The maximum atomic E-state index is 10.4. The number of nitrogens with zero attached hydrogens (tertiary/aromatic N) is 4. The van der Waals surface area contributed by atoms with Crippen molar-refractivity contribution in [3.05, 3.63) is 193 Å². The zero-order valence-corrected chi connectivity index (χ0v) is 29.8. The van der Waals surface area contributed by atoms with Crippen molar-refractivity contribution in [1.29, 1.82) is 0 Å². The molecular weight excluding hydrogens is 717 g/mol. The summed E-state index contributed by atoms with van der Waals surface area (Å²) in [6.07, 6.45) is 0. The van der Waals surface area contributed by atoms with Crippen LogP contribution in [-0.4, -0.2) is 18.1 Å². The molecule has 4 nitrogen and oxygen atoms in total. The van der Waals surface area contributed by atoms with Crippen molar-refractivity contribution in [3.8, 4) is 17.1 Å². The summed E-state index contributed by atoms with van der Waals surface area (Å²) in [5, 5.41) is -4.59. The van der Waals surface area contributed by atoms with Gasteiger partial charge in [-0.15, -0.1) is 0 Å². The Kier molecular flexibility index (Phi) is 2.70. The molecule has 0 fully saturated rings. The van der Waals surface area contributed by atoms with Crippen molar-refractivity contribution in [2.75, 3.05) is 0 Å². The molecule has 0 radical (unpaired) electrons. The van der Waals surface area contributed by atoms with Crippen LogP contribution in [0, 0.1) is 6.92 Å². The molecule has 0 saturated heterocycles. The van der Waals surface area contributed by atoms with E-state index in [-0.39, 0.29) is 27.2 Å². The van der Waals surface area contributed by atoms with Crippen LogP contribution in [-0.2, 0) is 0 Å². The number of benzene rings is 9. The first kappa shape index (κ1) is 14.2. The summed E-state index contributed by atoms with van der Waals surface area (Å²) in [5.74, 6) is 0. The number of aromatic nitrogens is 4. The first-order chi connectivity index (χ1) is 42.1. The zero-order valence-electron chi connectivity index (χ0n) is 60.8. The van der Waals surface area contributed by atoms with Gasteiger partial charge in [0.15, 0.2) is 0 Å². The summed E-state index contributed by atoms with van der Waals surface area (Å²) in [5.41, 5.74) is -7.75. The third-order valence-corrected chi connectivity index (χ3v) is 10.8. The van der Waals surface area contributed by atoms with Crippen molar-refractivity contribution in [2.45, 2.75) is 6.92 Å². The first-order valence-corrected chi connectivity index (χ1v) is 17.9. The van der Waals surface area contributed by atoms with Gasteiger partial charge in [-0.2, -0.15) is 0 Å². The number of fused-ring (bicyclic) bond motifs is 11. The molecule has 274 valence electrons. The van der Waals surface area contributed by atoms with Gasteiger partial charge in [0.2, 0.25) is 0 Å². The number of para-hydroxylation sites is 4. The van der Waals surface area contributed by atoms with Gasteiger partial charge in [0, 0.05) is 65.5 Å². The van der Waals surface area contributed by atoms with E-state index in [0.29, 0.717) is 4.57 Å². The smallest absolute Gasteiger partial charge is 0.0667 e. The molecule has 0 amide bonds. The lowest BCUT2D eigenvalue weighted by Gasteiger charge is -2.13. The quantitative estimate of drug-likeness (QED) is 0.170. The standard InChI is InChI=1S/C55H34N4/c1-33-26-28-48-43(30-33)38-15-3-5-20-45(38)56(48)34-12-8-13-35(31-34)57-46-21-6-4-16-39(46)44-32-36(27-29-49(44)57)58-50-23-10-17-40-42-19-9-18-41-37-14-2-7-22-47(37)59(55(41)42)52-25-11-24-51(58)54(52)53(40)50/h2-32H,1H3/i2D,3D,4D,5D,6D,7D,8D,9D,10D,11D,12D,13D,14D,15D,16D,17D,18D,19D,20D,21D,22D,23D,24D,25D,26D,27D,28D,29D,30D,31D,32D. The fourth-order valence-electron chi connectivity index (χ4n) is 8.48. The molecule has 14 rings (SSSR count). The minimum absolute atomic E-state index is 0.100. The van der Waals surface area contributed by atoms with E-state index in [9.17, 15) is 27.4 Å². The average molecular weight is 782 g/mol. The zero-order chi connectivity index (χ0) is 65.5. The van der Waals surface area contributed by atoms with Crippen LogP contribution in [0.3, 0.4) is 0 Å². The lowest BCUT2D eigenvalue weighted by molar-refractivity contribution is 1.13. The van der Waals surface area contributed by atoms with E-state index >= 15 is 0 Å². The number of rotatable bonds is 3. The summed E-state index contributed by atoms with van der Waals surface area (Å²) < 4.78 is 293. The molecular formula is C55H34N4. The Hall–Kier alpha value is -7.82. The normalized spacial score (nSPS) is 19.8. The van der Waals surface area contributed by atoms with Crippen molar-refractivity contribution < 1.29 is 42.5 Å². The molecule has 59 heavy (non-hydrogen) atoms. The summed E-state index contributed by atoms with van der Waals surface area (Å²) in [6, 6.07) is -27.1. The molecule has 9 aromatic carbocycles. The average Bonchev–Trinajstić information content (AvgIpc) is 1.50. The van der Waals surface area contributed by atoms with Crippen molar-refractivity contribution in [1.82, 2.24) is 18.1 Å². The Bertz CT molecular complexity index is 5850. The highest BCUT2D eigenvalue weighted by Crippen LogP contribution is 2.45. The van der Waals surface area contributed by atoms with Crippen LogP contribution in [0.15, 0.2) is 187 Å². The van der Waals surface area contributed by atoms with Gasteiger partial charge in [0.05, 0.1) is 92.1 Å². The minimum atomic E-state index is -1.09. The van der Waals surface area contributed by atoms with Crippen molar-refractivity contribution >= 4 is 104 Å². The van der Waals surface area contributed by atoms with Gasteiger partial charge < -0.3 is 18.1 Å². The van der Waals surface area contributed by atoms with E-state index in [0.717, 1.165) is 13.5 Å². The van der Waals surface area contributed by atoms with E-state index < -0.39 is 286 Å². The van der Waals surface area contributed by atoms with Gasteiger partial charge in [-0.05, 0) is 96.9 Å². The molecule has 0 aliphatic heterocycles. The van der Waals surface area contributed by atoms with E-state index in [2.05, 4.69) is 0 Å². The molecule has 5 aromatic heterocycles. The summed E-state index contributed by atoms with van der Waals surface area (Å²) >= 11 is 0. The highest BCUT2D eigenvalue weighted by atomic mass is 15.0. The van der Waals surface area contributed by atoms with Crippen LogP contribution in [0.25, 0.3) is 121 Å². The van der Waals surface area contributed by atoms with Crippen LogP contribution in [0.5, 0.6) is 0 Å². The Morgan fingerprint density at radius 3 is 1.47 bits per heavy atom. The molecule has 0 saturated carbocycles. The predicted molar refractivity (Wildman–Crippen MR) is 249 cm³/mol. The Labute approximate surface area is 381 Å². The summed E-state index contributed by atoms with van der Waals surface area (Å²) in [7, 11) is 0. The summed E-state index contributed by atoms with van der Waals surface area (Å²) in [6.45, 7) is 1.32. The fourth-order valence-corrected chi connectivity index (χ4v) is 8.48. The molecule has 0 unspecified atom stereocenters. The second-order valence-corrected chi connectivity index (χ2v) is 13.8. The van der Waals surface area contributed by atoms with Gasteiger partial charge in [-0.3, -0.25) is 0 Å². The largest absolute Gasteiger partial charge is 0.309 e. The van der Waals surface area contributed by atoms with Crippen LogP contribution in [0.4, 0.5) is 0 Å². The fraction of sp³-hybridized carbons (Fsp3) is 0.0182. The summed E-state index contributed by atoms with van der Waals surface area (Å²) in [4.78, 5) is 0. The monoisotopic (exact) mass is 781 g/mol. The Balaban J connectivity index is 1.23. The molecule has 5 heterocycles. The highest BCUT2D eigenvalue weighted by molar-refractivity contribution is 6.31. The molecule has 0 bridgehead atoms. The van der Waals surface area contributed by atoms with Crippen molar-refractivity contribution in [2.24, 2.45) is 0 Å². The first-order valence-electron chi connectivity index (χ1n) is 33.4. The van der Waals surface area contributed by atoms with Crippen LogP contribution in [0.2, 0.25) is 0 Å². The van der Waals surface area contributed by atoms with Gasteiger partial charge in [-0.1, -0.05) is 108 Å².